The van der Waals surface area contributed by atoms with Gasteiger partial charge < -0.3 is 15.4 Å². The lowest BCUT2D eigenvalue weighted by Gasteiger charge is -2.20. The number of amides is 1. The normalized spacial score (nSPS) is 10.4. The topological polar surface area (TPSA) is 67.4 Å². The van der Waals surface area contributed by atoms with Crippen LogP contribution in [0.3, 0.4) is 0 Å². The summed E-state index contributed by atoms with van der Waals surface area (Å²) in [4.78, 5) is 24.4. The number of esters is 1. The highest BCUT2D eigenvalue weighted by Crippen LogP contribution is 2.22. The Morgan fingerprint density at radius 2 is 1.48 bits per heavy atom. The van der Waals surface area contributed by atoms with E-state index in [-0.39, 0.29) is 18.5 Å². The lowest BCUT2D eigenvalue weighted by atomic mass is 9.99. The van der Waals surface area contributed by atoms with E-state index in [0.717, 1.165) is 22.4 Å². The number of benzene rings is 3. The fourth-order valence-electron chi connectivity index (χ4n) is 3.09. The van der Waals surface area contributed by atoms with Gasteiger partial charge in [0, 0.05) is 5.69 Å². The van der Waals surface area contributed by atoms with Gasteiger partial charge in [-0.25, -0.2) is 4.79 Å². The van der Waals surface area contributed by atoms with Gasteiger partial charge in [-0.15, -0.1) is 0 Å². The second-order valence-electron chi connectivity index (χ2n) is 6.70. The van der Waals surface area contributed by atoms with E-state index in [9.17, 15) is 9.59 Å². The van der Waals surface area contributed by atoms with Gasteiger partial charge in [-0.3, -0.25) is 4.79 Å². The fraction of sp³-hybridized carbons (Fsp3) is 0.167. The van der Waals surface area contributed by atoms with Crippen molar-refractivity contribution in [3.8, 4) is 0 Å². The zero-order valence-electron chi connectivity index (χ0n) is 16.5. The maximum atomic E-state index is 12.7. The molecule has 2 N–H and O–H groups in total. The van der Waals surface area contributed by atoms with Gasteiger partial charge in [-0.1, -0.05) is 66.7 Å². The molecular formula is C24H24N2O3. The first kappa shape index (κ1) is 20.1. The Bertz CT molecular complexity index is 932. The SMILES string of the molecule is COC(=O)c1ccc(C)c(NCC(=O)NC(c2ccccc2)c2ccccc2)c1. The maximum absolute atomic E-state index is 12.7. The van der Waals surface area contributed by atoms with Crippen molar-refractivity contribution in [1.82, 2.24) is 5.32 Å². The quantitative estimate of drug-likeness (QED) is 0.598. The van der Waals surface area contributed by atoms with Crippen LogP contribution in [0.5, 0.6) is 0 Å². The molecule has 5 heteroatoms. The first-order valence-corrected chi connectivity index (χ1v) is 9.40. The van der Waals surface area contributed by atoms with Crippen molar-refractivity contribution in [2.45, 2.75) is 13.0 Å². The molecule has 0 atom stereocenters. The Morgan fingerprint density at radius 1 is 0.897 bits per heavy atom. The van der Waals surface area contributed by atoms with Gasteiger partial charge in [-0.05, 0) is 35.7 Å². The molecule has 1 amide bonds. The Labute approximate surface area is 170 Å². The number of methoxy groups -OCH3 is 1. The average Bonchev–Trinajstić information content (AvgIpc) is 2.77. The third-order valence-electron chi connectivity index (χ3n) is 4.67. The highest BCUT2D eigenvalue weighted by Gasteiger charge is 2.17. The van der Waals surface area contributed by atoms with Crippen molar-refractivity contribution in [3.05, 3.63) is 101 Å². The van der Waals surface area contributed by atoms with Crippen LogP contribution in [0.4, 0.5) is 5.69 Å². The van der Waals surface area contributed by atoms with Gasteiger partial charge in [0.1, 0.15) is 0 Å². The Balaban J connectivity index is 1.72. The lowest BCUT2D eigenvalue weighted by Crippen LogP contribution is -2.34. The zero-order chi connectivity index (χ0) is 20.6. The lowest BCUT2D eigenvalue weighted by molar-refractivity contribution is -0.119. The molecule has 5 nitrogen and oxygen atoms in total. The Hall–Kier alpha value is -3.60. The van der Waals surface area contributed by atoms with Crippen LogP contribution in [0.25, 0.3) is 0 Å². The van der Waals surface area contributed by atoms with Crippen LogP contribution in [0.1, 0.15) is 33.1 Å². The van der Waals surface area contributed by atoms with E-state index in [4.69, 9.17) is 4.74 Å². The predicted molar refractivity (Wildman–Crippen MR) is 114 cm³/mol. The summed E-state index contributed by atoms with van der Waals surface area (Å²) in [5.74, 6) is -0.559. The van der Waals surface area contributed by atoms with E-state index in [2.05, 4.69) is 10.6 Å². The van der Waals surface area contributed by atoms with Crippen molar-refractivity contribution >= 4 is 17.6 Å². The summed E-state index contributed by atoms with van der Waals surface area (Å²) in [6.07, 6.45) is 0. The van der Waals surface area contributed by atoms with Gasteiger partial charge >= 0.3 is 5.97 Å². The summed E-state index contributed by atoms with van der Waals surface area (Å²) < 4.78 is 4.76. The number of hydrogen-bond acceptors (Lipinski definition) is 4. The van der Waals surface area contributed by atoms with E-state index in [0.29, 0.717) is 5.56 Å². The second kappa shape index (κ2) is 9.55. The molecule has 0 saturated carbocycles. The largest absolute Gasteiger partial charge is 0.465 e. The maximum Gasteiger partial charge on any atom is 0.337 e. The minimum atomic E-state index is -0.411. The highest BCUT2D eigenvalue weighted by molar-refractivity contribution is 5.91. The molecule has 29 heavy (non-hydrogen) atoms. The van der Waals surface area contributed by atoms with Crippen LogP contribution in [0.2, 0.25) is 0 Å². The molecule has 0 heterocycles. The number of nitrogens with one attached hydrogen (secondary N) is 2. The van der Waals surface area contributed by atoms with Crippen molar-refractivity contribution in [3.63, 3.8) is 0 Å². The van der Waals surface area contributed by atoms with Gasteiger partial charge in [0.15, 0.2) is 0 Å². The monoisotopic (exact) mass is 388 g/mol. The number of aryl methyl sites for hydroxylation is 1. The third kappa shape index (κ3) is 5.23. The summed E-state index contributed by atoms with van der Waals surface area (Å²) in [6.45, 7) is 2.00. The molecular weight excluding hydrogens is 364 g/mol. The van der Waals surface area contributed by atoms with E-state index in [1.54, 1.807) is 12.1 Å². The van der Waals surface area contributed by atoms with Crippen molar-refractivity contribution < 1.29 is 14.3 Å². The molecule has 0 aliphatic heterocycles. The molecule has 0 spiro atoms. The van der Waals surface area contributed by atoms with Gasteiger partial charge in [0.05, 0.1) is 25.3 Å². The van der Waals surface area contributed by atoms with Crippen LogP contribution in [-0.2, 0) is 9.53 Å². The van der Waals surface area contributed by atoms with Crippen LogP contribution < -0.4 is 10.6 Å². The van der Waals surface area contributed by atoms with E-state index in [1.807, 2.05) is 73.7 Å². The molecule has 0 fully saturated rings. The van der Waals surface area contributed by atoms with Crippen LogP contribution >= 0.6 is 0 Å². The first-order chi connectivity index (χ1) is 14.1. The minimum absolute atomic E-state index is 0.0850. The molecule has 3 rings (SSSR count). The molecule has 0 unspecified atom stereocenters. The van der Waals surface area contributed by atoms with Crippen molar-refractivity contribution in [2.24, 2.45) is 0 Å². The molecule has 3 aromatic carbocycles. The standard InChI is InChI=1S/C24H24N2O3/c1-17-13-14-20(24(28)29-2)15-21(17)25-16-22(27)26-23(18-9-5-3-6-10-18)19-11-7-4-8-12-19/h3-15,23,25H,16H2,1-2H3,(H,26,27). The number of carbonyl (C=O) groups is 2. The second-order valence-corrected chi connectivity index (χ2v) is 6.70. The van der Waals surface area contributed by atoms with Gasteiger partial charge in [0.25, 0.3) is 0 Å². The average molecular weight is 388 g/mol. The fourth-order valence-corrected chi connectivity index (χ4v) is 3.09. The molecule has 0 saturated heterocycles. The highest BCUT2D eigenvalue weighted by atomic mass is 16.5. The smallest absolute Gasteiger partial charge is 0.337 e. The number of anilines is 1. The summed E-state index contributed by atoms with van der Waals surface area (Å²) >= 11 is 0. The molecule has 0 radical (unpaired) electrons. The van der Waals surface area contributed by atoms with E-state index in [1.165, 1.54) is 7.11 Å². The van der Waals surface area contributed by atoms with E-state index >= 15 is 0 Å². The number of ether oxygens (including phenoxy) is 1. The summed E-state index contributed by atoms with van der Waals surface area (Å²) in [5.41, 5.74) is 4.12. The van der Waals surface area contributed by atoms with E-state index < -0.39 is 5.97 Å². The van der Waals surface area contributed by atoms with Crippen LogP contribution in [-0.4, -0.2) is 25.5 Å². The Morgan fingerprint density at radius 3 is 2.03 bits per heavy atom. The van der Waals surface area contributed by atoms with Gasteiger partial charge in [-0.2, -0.15) is 0 Å². The Kier molecular flexibility index (Phi) is 6.63. The summed E-state index contributed by atoms with van der Waals surface area (Å²) in [7, 11) is 1.34. The number of carbonyl (C=O) groups excluding carboxylic acids is 2. The molecule has 0 aromatic heterocycles. The third-order valence-corrected chi connectivity index (χ3v) is 4.67. The summed E-state index contributed by atoms with van der Waals surface area (Å²) in [5, 5.41) is 6.22. The minimum Gasteiger partial charge on any atom is -0.465 e. The molecule has 0 aliphatic rings. The van der Waals surface area contributed by atoms with Crippen LogP contribution in [0, 0.1) is 6.92 Å². The summed E-state index contributed by atoms with van der Waals surface area (Å²) in [6, 6.07) is 24.7. The number of hydrogen-bond donors (Lipinski definition) is 2. The molecule has 3 aromatic rings. The molecule has 0 aliphatic carbocycles. The zero-order valence-corrected chi connectivity index (χ0v) is 16.5. The molecule has 0 bridgehead atoms. The van der Waals surface area contributed by atoms with Crippen LogP contribution in [0.15, 0.2) is 78.9 Å². The van der Waals surface area contributed by atoms with Crippen molar-refractivity contribution in [1.29, 1.82) is 0 Å². The molecule has 148 valence electrons. The predicted octanol–water partition coefficient (Wildman–Crippen LogP) is 4.10. The first-order valence-electron chi connectivity index (χ1n) is 9.40. The van der Waals surface area contributed by atoms with Crippen molar-refractivity contribution in [2.75, 3.05) is 19.0 Å². The number of rotatable bonds is 7. The van der Waals surface area contributed by atoms with Gasteiger partial charge in [0.2, 0.25) is 5.91 Å².